The standard InChI is InChI=1S/C39H72Cl2O/c1-3-5-7-9-11-13-15-17-19-21-23-25-27-29-31-33-37(40)35-39(42)36-38(41)34-32-30-28-26-24-22-20-18-16-14-12-10-8-6-4-2/h35-36H,3-34H2,1-2H3. The molecule has 0 atom stereocenters. The Labute approximate surface area is 274 Å². The van der Waals surface area contributed by atoms with E-state index in [0.29, 0.717) is 10.1 Å². The minimum Gasteiger partial charge on any atom is -0.290 e. The maximum absolute atomic E-state index is 12.3. The molecule has 0 saturated heterocycles. The van der Waals surface area contributed by atoms with Gasteiger partial charge in [-0.25, -0.2) is 0 Å². The first kappa shape index (κ1) is 41.7. The third-order valence-corrected chi connectivity index (χ3v) is 9.23. The summed E-state index contributed by atoms with van der Waals surface area (Å²) in [5.41, 5.74) is 0. The van der Waals surface area contributed by atoms with Gasteiger partial charge in [0.2, 0.25) is 0 Å². The molecule has 248 valence electrons. The third-order valence-electron chi connectivity index (χ3n) is 8.64. The van der Waals surface area contributed by atoms with Crippen molar-refractivity contribution in [2.75, 3.05) is 0 Å². The quantitative estimate of drug-likeness (QED) is 0.0512. The SMILES string of the molecule is CCCCCCCCCCCCCCCCCC(Cl)=CC(=O)C=C(Cl)CCCCCCCCCCCCCCCCC. The lowest BCUT2D eigenvalue weighted by Gasteiger charge is -2.04. The predicted molar refractivity (Wildman–Crippen MR) is 192 cm³/mol. The summed E-state index contributed by atoms with van der Waals surface area (Å²) in [5.74, 6) is -0.0630. The van der Waals surface area contributed by atoms with Crippen LogP contribution in [0.4, 0.5) is 0 Å². The highest BCUT2D eigenvalue weighted by atomic mass is 35.5. The fraction of sp³-hybridized carbons (Fsp3) is 0.872. The summed E-state index contributed by atoms with van der Waals surface area (Å²) in [5, 5.41) is 1.34. The second-order valence-corrected chi connectivity index (χ2v) is 14.0. The minimum absolute atomic E-state index is 0.0630. The van der Waals surface area contributed by atoms with Crippen LogP contribution in [0, 0.1) is 0 Å². The first-order chi connectivity index (χ1) is 20.6. The molecule has 0 aromatic carbocycles. The number of hydrogen-bond acceptors (Lipinski definition) is 1. The lowest BCUT2D eigenvalue weighted by molar-refractivity contribution is -0.110. The number of hydrogen-bond donors (Lipinski definition) is 0. The van der Waals surface area contributed by atoms with Crippen LogP contribution in [0.5, 0.6) is 0 Å². The smallest absolute Gasteiger partial charge is 0.180 e. The summed E-state index contributed by atoms with van der Waals surface area (Å²) in [4.78, 5) is 12.3. The van der Waals surface area contributed by atoms with Crippen LogP contribution in [-0.2, 0) is 4.79 Å². The van der Waals surface area contributed by atoms with E-state index >= 15 is 0 Å². The van der Waals surface area contributed by atoms with Crippen LogP contribution in [0.1, 0.15) is 219 Å². The number of rotatable bonds is 34. The zero-order chi connectivity index (χ0) is 30.8. The molecule has 1 nitrogen and oxygen atoms in total. The first-order valence-electron chi connectivity index (χ1n) is 18.9. The molecule has 0 N–H and O–H groups in total. The van der Waals surface area contributed by atoms with Crippen LogP contribution in [0.25, 0.3) is 0 Å². The van der Waals surface area contributed by atoms with Crippen molar-refractivity contribution in [2.24, 2.45) is 0 Å². The molecule has 0 heterocycles. The first-order valence-corrected chi connectivity index (χ1v) is 19.6. The van der Waals surface area contributed by atoms with Crippen molar-refractivity contribution in [1.29, 1.82) is 0 Å². The molecule has 0 aliphatic rings. The zero-order valence-electron chi connectivity index (χ0n) is 28.4. The molecular weight excluding hydrogens is 555 g/mol. The largest absolute Gasteiger partial charge is 0.290 e. The number of allylic oxidation sites excluding steroid dienone is 4. The summed E-state index contributed by atoms with van der Waals surface area (Å²) in [7, 11) is 0. The van der Waals surface area contributed by atoms with Crippen molar-refractivity contribution in [2.45, 2.75) is 219 Å². The second-order valence-electron chi connectivity index (χ2n) is 13.0. The average Bonchev–Trinajstić information content (AvgIpc) is 2.97. The normalized spacial score (nSPS) is 12.4. The topological polar surface area (TPSA) is 17.1 Å². The maximum Gasteiger partial charge on any atom is 0.180 e. The molecule has 3 heteroatoms. The van der Waals surface area contributed by atoms with Crippen molar-refractivity contribution in [1.82, 2.24) is 0 Å². The molecule has 0 aliphatic heterocycles. The molecule has 0 aromatic rings. The third kappa shape index (κ3) is 34.2. The molecule has 0 fully saturated rings. The average molecular weight is 628 g/mol. The molecule has 0 rings (SSSR count). The highest BCUT2D eigenvalue weighted by Gasteiger charge is 2.02. The van der Waals surface area contributed by atoms with Crippen molar-refractivity contribution in [3.05, 3.63) is 22.2 Å². The van der Waals surface area contributed by atoms with Gasteiger partial charge in [-0.05, 0) is 37.8 Å². The van der Waals surface area contributed by atoms with Gasteiger partial charge in [0, 0.05) is 10.1 Å². The van der Waals surface area contributed by atoms with E-state index in [9.17, 15) is 4.79 Å². The van der Waals surface area contributed by atoms with Gasteiger partial charge in [-0.3, -0.25) is 4.79 Å². The molecular formula is C39H72Cl2O. The van der Waals surface area contributed by atoms with E-state index in [2.05, 4.69) is 13.8 Å². The Bertz CT molecular complexity index is 572. The van der Waals surface area contributed by atoms with Crippen molar-refractivity contribution in [3.8, 4) is 0 Å². The predicted octanol–water partition coefficient (Wildman–Crippen LogP) is 15.3. The van der Waals surface area contributed by atoms with Crippen molar-refractivity contribution >= 4 is 29.0 Å². The van der Waals surface area contributed by atoms with Gasteiger partial charge in [0.1, 0.15) is 0 Å². The molecule has 0 aromatic heterocycles. The van der Waals surface area contributed by atoms with Crippen molar-refractivity contribution in [3.63, 3.8) is 0 Å². The van der Waals surface area contributed by atoms with E-state index in [1.54, 1.807) is 12.2 Å². The van der Waals surface area contributed by atoms with E-state index in [1.807, 2.05) is 0 Å². The molecule has 0 amide bonds. The summed E-state index contributed by atoms with van der Waals surface area (Å²) >= 11 is 12.7. The van der Waals surface area contributed by atoms with Crippen molar-refractivity contribution < 1.29 is 4.79 Å². The number of ketones is 1. The monoisotopic (exact) mass is 626 g/mol. The van der Waals surface area contributed by atoms with E-state index in [-0.39, 0.29) is 5.78 Å². The summed E-state index contributed by atoms with van der Waals surface area (Å²) in [6.07, 6.45) is 45.5. The Morgan fingerprint density at radius 2 is 0.548 bits per heavy atom. The number of carbonyl (C=O) groups excluding carboxylic acids is 1. The fourth-order valence-corrected chi connectivity index (χ4v) is 6.31. The van der Waals surface area contributed by atoms with E-state index in [1.165, 1.54) is 180 Å². The van der Waals surface area contributed by atoms with E-state index in [4.69, 9.17) is 23.2 Å². The Kier molecular flexibility index (Phi) is 35.0. The maximum atomic E-state index is 12.3. The highest BCUT2D eigenvalue weighted by molar-refractivity contribution is 6.33. The van der Waals surface area contributed by atoms with Crippen LogP contribution < -0.4 is 0 Å². The highest BCUT2D eigenvalue weighted by Crippen LogP contribution is 2.19. The van der Waals surface area contributed by atoms with Crippen LogP contribution >= 0.6 is 23.2 Å². The van der Waals surface area contributed by atoms with Crippen LogP contribution in [0.2, 0.25) is 0 Å². The lowest BCUT2D eigenvalue weighted by atomic mass is 10.0. The zero-order valence-corrected chi connectivity index (χ0v) is 30.0. The van der Waals surface area contributed by atoms with Crippen LogP contribution in [0.3, 0.4) is 0 Å². The molecule has 0 aliphatic carbocycles. The van der Waals surface area contributed by atoms with Gasteiger partial charge in [-0.15, -0.1) is 0 Å². The second kappa shape index (κ2) is 35.2. The Hall–Kier alpha value is -0.270. The Morgan fingerprint density at radius 1 is 0.357 bits per heavy atom. The fourth-order valence-electron chi connectivity index (χ4n) is 5.83. The molecule has 0 unspecified atom stereocenters. The van der Waals surface area contributed by atoms with Gasteiger partial charge < -0.3 is 0 Å². The van der Waals surface area contributed by atoms with Gasteiger partial charge in [0.15, 0.2) is 5.78 Å². The van der Waals surface area contributed by atoms with Gasteiger partial charge in [0.25, 0.3) is 0 Å². The van der Waals surface area contributed by atoms with Crippen LogP contribution in [0.15, 0.2) is 22.2 Å². The number of halogens is 2. The summed E-state index contributed by atoms with van der Waals surface area (Å²) in [6.45, 7) is 4.57. The van der Waals surface area contributed by atoms with Gasteiger partial charge in [-0.1, -0.05) is 217 Å². The van der Waals surface area contributed by atoms with Crippen LogP contribution in [-0.4, -0.2) is 5.78 Å². The van der Waals surface area contributed by atoms with E-state index < -0.39 is 0 Å². The Balaban J connectivity index is 3.54. The molecule has 0 radical (unpaired) electrons. The minimum atomic E-state index is -0.0630. The molecule has 0 bridgehead atoms. The molecule has 0 spiro atoms. The molecule has 0 saturated carbocycles. The number of carbonyl (C=O) groups is 1. The molecule has 42 heavy (non-hydrogen) atoms. The lowest BCUT2D eigenvalue weighted by Crippen LogP contribution is -1.90. The van der Waals surface area contributed by atoms with E-state index in [0.717, 1.165) is 25.7 Å². The summed E-state index contributed by atoms with van der Waals surface area (Å²) in [6, 6.07) is 0. The Morgan fingerprint density at radius 3 is 0.762 bits per heavy atom. The summed E-state index contributed by atoms with van der Waals surface area (Å²) < 4.78 is 0. The van der Waals surface area contributed by atoms with Gasteiger partial charge >= 0.3 is 0 Å². The number of unbranched alkanes of at least 4 members (excludes halogenated alkanes) is 28. The van der Waals surface area contributed by atoms with Gasteiger partial charge in [-0.2, -0.15) is 0 Å². The van der Waals surface area contributed by atoms with Gasteiger partial charge in [0.05, 0.1) is 0 Å².